The van der Waals surface area contributed by atoms with Crippen LogP contribution in [0.5, 0.6) is 0 Å². The minimum absolute atomic E-state index is 0.0980. The summed E-state index contributed by atoms with van der Waals surface area (Å²) in [4.78, 5) is 14.2. The summed E-state index contributed by atoms with van der Waals surface area (Å²) < 4.78 is 7.01. The SMILES string of the molecule is Cc1c(C(=O)N(C)Cc2ccco2)cnn1-c1ccc(Cl)cc1. The van der Waals surface area contributed by atoms with Crippen molar-refractivity contribution >= 4 is 17.5 Å². The molecule has 5 nitrogen and oxygen atoms in total. The van der Waals surface area contributed by atoms with Gasteiger partial charge in [-0.1, -0.05) is 11.6 Å². The molecule has 0 saturated carbocycles. The highest BCUT2D eigenvalue weighted by molar-refractivity contribution is 6.30. The normalized spacial score (nSPS) is 10.7. The number of hydrogen-bond donors (Lipinski definition) is 0. The average molecular weight is 330 g/mol. The van der Waals surface area contributed by atoms with Gasteiger partial charge in [0.1, 0.15) is 5.76 Å². The molecule has 3 rings (SSSR count). The van der Waals surface area contributed by atoms with Crippen LogP contribution in [0.4, 0.5) is 0 Å². The number of hydrogen-bond acceptors (Lipinski definition) is 3. The van der Waals surface area contributed by atoms with Crippen LogP contribution in [-0.4, -0.2) is 27.6 Å². The third-order valence-corrected chi connectivity index (χ3v) is 3.88. The van der Waals surface area contributed by atoms with Crippen LogP contribution < -0.4 is 0 Å². The first-order valence-corrected chi connectivity index (χ1v) is 7.52. The summed E-state index contributed by atoms with van der Waals surface area (Å²) in [7, 11) is 1.74. The molecule has 2 aromatic heterocycles. The van der Waals surface area contributed by atoms with E-state index in [1.165, 1.54) is 0 Å². The van der Waals surface area contributed by atoms with Gasteiger partial charge in [0.2, 0.25) is 0 Å². The van der Waals surface area contributed by atoms with Crippen LogP contribution in [0.2, 0.25) is 5.02 Å². The third-order valence-electron chi connectivity index (χ3n) is 3.63. The van der Waals surface area contributed by atoms with Crippen LogP contribution >= 0.6 is 11.6 Å². The molecule has 0 aliphatic heterocycles. The lowest BCUT2D eigenvalue weighted by Crippen LogP contribution is -2.26. The van der Waals surface area contributed by atoms with Gasteiger partial charge in [0.05, 0.1) is 35.9 Å². The van der Waals surface area contributed by atoms with E-state index < -0.39 is 0 Å². The van der Waals surface area contributed by atoms with Crippen LogP contribution in [0.15, 0.2) is 53.3 Å². The van der Waals surface area contributed by atoms with Gasteiger partial charge in [-0.25, -0.2) is 4.68 Å². The summed E-state index contributed by atoms with van der Waals surface area (Å²) in [6.45, 7) is 2.28. The predicted octanol–water partition coefficient (Wildman–Crippen LogP) is 3.70. The molecule has 23 heavy (non-hydrogen) atoms. The monoisotopic (exact) mass is 329 g/mol. The van der Waals surface area contributed by atoms with Gasteiger partial charge in [-0.2, -0.15) is 5.10 Å². The van der Waals surface area contributed by atoms with Crippen LogP contribution in [0, 0.1) is 6.92 Å². The lowest BCUT2D eigenvalue weighted by atomic mass is 10.2. The first kappa shape index (κ1) is 15.4. The second-order valence-corrected chi connectivity index (χ2v) is 5.71. The van der Waals surface area contributed by atoms with E-state index in [0.717, 1.165) is 17.1 Å². The molecule has 0 atom stereocenters. The van der Waals surface area contributed by atoms with Gasteiger partial charge < -0.3 is 9.32 Å². The van der Waals surface area contributed by atoms with Crippen LogP contribution in [0.3, 0.4) is 0 Å². The van der Waals surface area contributed by atoms with E-state index in [4.69, 9.17) is 16.0 Å². The number of carbonyl (C=O) groups excluding carboxylic acids is 1. The standard InChI is InChI=1S/C17H16ClN3O2/c1-12-16(17(22)20(2)11-15-4-3-9-23-15)10-19-21(12)14-7-5-13(18)6-8-14/h3-10H,11H2,1-2H3. The van der Waals surface area contributed by atoms with Gasteiger partial charge in [-0.15, -0.1) is 0 Å². The third kappa shape index (κ3) is 3.14. The molecule has 1 amide bonds. The first-order chi connectivity index (χ1) is 11.1. The van der Waals surface area contributed by atoms with Gasteiger partial charge in [0.15, 0.2) is 0 Å². The number of carbonyl (C=O) groups is 1. The van der Waals surface area contributed by atoms with Crippen LogP contribution in [-0.2, 0) is 6.54 Å². The van der Waals surface area contributed by atoms with E-state index in [1.807, 2.05) is 25.1 Å². The maximum absolute atomic E-state index is 12.6. The minimum atomic E-state index is -0.0980. The van der Waals surface area contributed by atoms with E-state index in [1.54, 1.807) is 47.3 Å². The van der Waals surface area contributed by atoms with Crippen molar-refractivity contribution in [3.63, 3.8) is 0 Å². The molecule has 0 radical (unpaired) electrons. The van der Waals surface area contributed by atoms with Crippen LogP contribution in [0.25, 0.3) is 5.69 Å². The Labute approximate surface area is 139 Å². The number of nitrogens with zero attached hydrogens (tertiary/aromatic N) is 3. The van der Waals surface area contributed by atoms with Crippen molar-refractivity contribution in [2.45, 2.75) is 13.5 Å². The van der Waals surface area contributed by atoms with E-state index in [2.05, 4.69) is 5.10 Å². The molecular weight excluding hydrogens is 314 g/mol. The molecule has 0 saturated heterocycles. The van der Waals surface area contributed by atoms with E-state index in [0.29, 0.717) is 17.1 Å². The molecule has 118 valence electrons. The van der Waals surface area contributed by atoms with Crippen molar-refractivity contribution in [1.29, 1.82) is 0 Å². The zero-order chi connectivity index (χ0) is 16.4. The molecule has 0 fully saturated rings. The molecule has 0 bridgehead atoms. The van der Waals surface area contributed by atoms with Gasteiger partial charge in [0, 0.05) is 12.1 Å². The molecule has 0 unspecified atom stereocenters. The van der Waals surface area contributed by atoms with E-state index in [9.17, 15) is 4.79 Å². The Morgan fingerprint density at radius 2 is 2.04 bits per heavy atom. The van der Waals surface area contributed by atoms with Gasteiger partial charge in [-0.05, 0) is 43.3 Å². The van der Waals surface area contributed by atoms with Crippen molar-refractivity contribution < 1.29 is 9.21 Å². The van der Waals surface area contributed by atoms with Crippen molar-refractivity contribution in [3.8, 4) is 5.69 Å². The van der Waals surface area contributed by atoms with E-state index in [-0.39, 0.29) is 5.91 Å². The number of aromatic nitrogens is 2. The van der Waals surface area contributed by atoms with Gasteiger partial charge in [0.25, 0.3) is 5.91 Å². The lowest BCUT2D eigenvalue weighted by Gasteiger charge is -2.15. The molecule has 0 aliphatic rings. The van der Waals surface area contributed by atoms with Crippen molar-refractivity contribution in [3.05, 3.63) is 70.9 Å². The number of amides is 1. The smallest absolute Gasteiger partial charge is 0.257 e. The summed E-state index contributed by atoms with van der Waals surface area (Å²) in [5, 5.41) is 4.98. The number of halogens is 1. The second kappa shape index (κ2) is 6.30. The summed E-state index contributed by atoms with van der Waals surface area (Å²) in [5.41, 5.74) is 2.21. The molecule has 0 N–H and O–H groups in total. The molecule has 1 aromatic carbocycles. The Morgan fingerprint density at radius 1 is 1.30 bits per heavy atom. The fraction of sp³-hybridized carbons (Fsp3) is 0.176. The Hall–Kier alpha value is -2.53. The molecule has 3 aromatic rings. The zero-order valence-electron chi connectivity index (χ0n) is 12.9. The molecule has 6 heteroatoms. The van der Waals surface area contributed by atoms with Crippen molar-refractivity contribution in [1.82, 2.24) is 14.7 Å². The zero-order valence-corrected chi connectivity index (χ0v) is 13.6. The van der Waals surface area contributed by atoms with Gasteiger partial charge in [-0.3, -0.25) is 4.79 Å². The first-order valence-electron chi connectivity index (χ1n) is 7.14. The topological polar surface area (TPSA) is 51.3 Å². The fourth-order valence-corrected chi connectivity index (χ4v) is 2.50. The Balaban J connectivity index is 1.83. The molecule has 0 aliphatic carbocycles. The number of furan rings is 1. The lowest BCUT2D eigenvalue weighted by molar-refractivity contribution is 0.0774. The second-order valence-electron chi connectivity index (χ2n) is 5.27. The predicted molar refractivity (Wildman–Crippen MR) is 87.8 cm³/mol. The minimum Gasteiger partial charge on any atom is -0.467 e. The Morgan fingerprint density at radius 3 is 2.70 bits per heavy atom. The Bertz CT molecular complexity index is 807. The largest absolute Gasteiger partial charge is 0.467 e. The Kier molecular flexibility index (Phi) is 4.21. The van der Waals surface area contributed by atoms with Crippen molar-refractivity contribution in [2.75, 3.05) is 7.05 Å². The highest BCUT2D eigenvalue weighted by Gasteiger charge is 2.19. The number of benzene rings is 1. The summed E-state index contributed by atoms with van der Waals surface area (Å²) in [6, 6.07) is 11.0. The summed E-state index contributed by atoms with van der Waals surface area (Å²) >= 11 is 5.90. The number of rotatable bonds is 4. The molecule has 0 spiro atoms. The van der Waals surface area contributed by atoms with E-state index >= 15 is 0 Å². The highest BCUT2D eigenvalue weighted by Crippen LogP contribution is 2.18. The quantitative estimate of drug-likeness (QED) is 0.733. The summed E-state index contributed by atoms with van der Waals surface area (Å²) in [5.74, 6) is 0.641. The van der Waals surface area contributed by atoms with Gasteiger partial charge >= 0.3 is 0 Å². The average Bonchev–Trinajstić information content (AvgIpc) is 3.17. The molecular formula is C17H16ClN3O2. The maximum Gasteiger partial charge on any atom is 0.257 e. The fourth-order valence-electron chi connectivity index (χ4n) is 2.38. The summed E-state index contributed by atoms with van der Waals surface area (Å²) in [6.07, 6.45) is 3.18. The highest BCUT2D eigenvalue weighted by atomic mass is 35.5. The van der Waals surface area contributed by atoms with Crippen LogP contribution in [0.1, 0.15) is 21.8 Å². The maximum atomic E-state index is 12.6. The van der Waals surface area contributed by atoms with Crippen molar-refractivity contribution in [2.24, 2.45) is 0 Å². The molecule has 2 heterocycles.